The third-order valence-corrected chi connectivity index (χ3v) is 12.5. The second kappa shape index (κ2) is 18.8. The molecule has 12 rings (SSSR count). The highest BCUT2D eigenvalue weighted by atomic mass is 16.5. The molecule has 0 radical (unpaired) electrons. The van der Waals surface area contributed by atoms with E-state index < -0.39 is 5.97 Å². The van der Waals surface area contributed by atoms with Crippen LogP contribution in [-0.4, -0.2) is 31.0 Å². The van der Waals surface area contributed by atoms with E-state index >= 15 is 0 Å². The standard InChI is InChI=1S/C63H42N4O5/c68-63(69)44-18-16-40(17-19-44)59-51-32-34-53(64-51)60(41-20-26-48(27-21-41)70-45-10-4-1-5-11-45)55-36-38-57(66-55)62(43-24-30-50(31-25-43)72-47-14-8-3-9-15-47)58-39-37-56(67-58)61(54-35-33-52(59)65-54)42-22-28-49(29-23-42)71-46-12-6-2-7-13-46/h1-39,64,67H,(H,68,69). The van der Waals surface area contributed by atoms with Crippen molar-refractivity contribution in [1.82, 2.24) is 19.9 Å². The number of nitrogens with zero attached hydrogens (tertiary/aromatic N) is 2. The minimum Gasteiger partial charge on any atom is -0.478 e. The summed E-state index contributed by atoms with van der Waals surface area (Å²) in [5.41, 5.74) is 13.4. The van der Waals surface area contributed by atoms with E-state index in [1.165, 1.54) is 0 Å². The molecule has 3 aromatic heterocycles. The summed E-state index contributed by atoms with van der Waals surface area (Å²) >= 11 is 0. The van der Waals surface area contributed by atoms with Crippen molar-refractivity contribution >= 4 is 52.3 Å². The van der Waals surface area contributed by atoms with Gasteiger partial charge in [-0.15, -0.1) is 0 Å². The number of carboxylic acid groups (broad SMARTS) is 1. The summed E-state index contributed by atoms with van der Waals surface area (Å²) in [5.74, 6) is 3.35. The Morgan fingerprint density at radius 2 is 0.569 bits per heavy atom. The van der Waals surface area contributed by atoms with Gasteiger partial charge in [-0.1, -0.05) is 103 Å². The number of benzene rings is 7. The molecular formula is C63H42N4O5. The lowest BCUT2D eigenvalue weighted by Gasteiger charge is -2.09. The molecule has 2 aliphatic heterocycles. The molecule has 3 N–H and O–H groups in total. The molecule has 0 saturated carbocycles. The molecule has 5 heterocycles. The number of ether oxygens (including phenoxy) is 3. The highest BCUT2D eigenvalue weighted by Crippen LogP contribution is 2.40. The number of para-hydroxylation sites is 3. The number of aromatic nitrogens is 4. The van der Waals surface area contributed by atoms with Crippen molar-refractivity contribution in [2.45, 2.75) is 0 Å². The third-order valence-electron chi connectivity index (χ3n) is 12.5. The van der Waals surface area contributed by atoms with Gasteiger partial charge in [-0.3, -0.25) is 0 Å². The van der Waals surface area contributed by atoms with Crippen LogP contribution in [0.4, 0.5) is 0 Å². The van der Waals surface area contributed by atoms with Crippen molar-refractivity contribution in [2.75, 3.05) is 0 Å². The van der Waals surface area contributed by atoms with E-state index in [2.05, 4.69) is 52.5 Å². The summed E-state index contributed by atoms with van der Waals surface area (Å²) in [6.07, 6.45) is 8.18. The van der Waals surface area contributed by atoms with Gasteiger partial charge in [-0.05, 0) is 156 Å². The fourth-order valence-corrected chi connectivity index (χ4v) is 9.14. The Balaban J connectivity index is 1.11. The molecule has 0 aliphatic carbocycles. The summed E-state index contributed by atoms with van der Waals surface area (Å²) in [6.45, 7) is 0. The lowest BCUT2D eigenvalue weighted by atomic mass is 10.0. The lowest BCUT2D eigenvalue weighted by Crippen LogP contribution is -1.95. The first-order valence-corrected chi connectivity index (χ1v) is 23.5. The summed E-state index contributed by atoms with van der Waals surface area (Å²) in [4.78, 5) is 30.5. The number of fused-ring (bicyclic) bond motifs is 8. The molecule has 9 heteroatoms. The number of aromatic amines is 2. The predicted octanol–water partition coefficient (Wildman–Crippen LogP) is 16.4. The highest BCUT2D eigenvalue weighted by molar-refractivity contribution is 6.00. The van der Waals surface area contributed by atoms with Crippen LogP contribution in [0.25, 0.3) is 90.9 Å². The Labute approximate surface area is 414 Å². The number of carboxylic acids is 1. The molecule has 0 saturated heterocycles. The largest absolute Gasteiger partial charge is 0.478 e. The Hall–Kier alpha value is -9.99. The molecule has 0 atom stereocenters. The van der Waals surface area contributed by atoms with Gasteiger partial charge in [0.05, 0.1) is 28.3 Å². The maximum atomic E-state index is 12.0. The highest BCUT2D eigenvalue weighted by Gasteiger charge is 2.20. The van der Waals surface area contributed by atoms with E-state index in [9.17, 15) is 9.90 Å². The normalized spacial score (nSPS) is 11.6. The predicted molar refractivity (Wildman–Crippen MR) is 287 cm³/mol. The molecule has 0 amide bonds. The second-order valence-electron chi connectivity index (χ2n) is 17.2. The summed E-state index contributed by atoms with van der Waals surface area (Å²) in [6, 6.07) is 68.5. The van der Waals surface area contributed by atoms with Crippen LogP contribution >= 0.6 is 0 Å². The van der Waals surface area contributed by atoms with Gasteiger partial charge in [-0.2, -0.15) is 0 Å². The third kappa shape index (κ3) is 8.81. The minimum absolute atomic E-state index is 0.190. The van der Waals surface area contributed by atoms with Crippen LogP contribution in [0.1, 0.15) is 33.1 Å². The number of rotatable bonds is 11. The van der Waals surface area contributed by atoms with Gasteiger partial charge in [0, 0.05) is 44.3 Å². The average Bonchev–Trinajstić information content (AvgIpc) is 4.28. The number of aromatic carboxylic acids is 1. The quantitative estimate of drug-likeness (QED) is 0.118. The monoisotopic (exact) mass is 934 g/mol. The van der Waals surface area contributed by atoms with Gasteiger partial charge in [-0.25, -0.2) is 14.8 Å². The zero-order chi connectivity index (χ0) is 48.4. The summed E-state index contributed by atoms with van der Waals surface area (Å²) in [7, 11) is 0. The Bertz CT molecular complexity index is 3780. The maximum absolute atomic E-state index is 12.0. The zero-order valence-corrected chi connectivity index (χ0v) is 38.5. The van der Waals surface area contributed by atoms with Crippen LogP contribution in [0, 0.1) is 0 Å². The van der Waals surface area contributed by atoms with Gasteiger partial charge in [0.25, 0.3) is 0 Å². The topological polar surface area (TPSA) is 122 Å². The lowest BCUT2D eigenvalue weighted by molar-refractivity contribution is 0.0697. The zero-order valence-electron chi connectivity index (χ0n) is 38.5. The molecule has 9 nitrogen and oxygen atoms in total. The molecular weight excluding hydrogens is 893 g/mol. The van der Waals surface area contributed by atoms with E-state index in [4.69, 9.17) is 24.2 Å². The number of nitrogens with one attached hydrogen (secondary N) is 2. The fourth-order valence-electron chi connectivity index (χ4n) is 9.14. The average molecular weight is 935 g/mol. The molecule has 72 heavy (non-hydrogen) atoms. The molecule has 7 aromatic carbocycles. The van der Waals surface area contributed by atoms with Crippen LogP contribution in [0.5, 0.6) is 34.5 Å². The van der Waals surface area contributed by atoms with Gasteiger partial charge in [0.2, 0.25) is 0 Å². The van der Waals surface area contributed by atoms with Gasteiger partial charge < -0.3 is 29.3 Å². The summed E-state index contributed by atoms with van der Waals surface area (Å²) < 4.78 is 18.7. The smallest absolute Gasteiger partial charge is 0.335 e. The van der Waals surface area contributed by atoms with Crippen molar-refractivity contribution in [3.05, 3.63) is 241 Å². The molecule has 344 valence electrons. The van der Waals surface area contributed by atoms with Crippen LogP contribution in [0.15, 0.2) is 212 Å². The Morgan fingerprint density at radius 1 is 0.319 bits per heavy atom. The van der Waals surface area contributed by atoms with E-state index in [0.29, 0.717) is 22.9 Å². The van der Waals surface area contributed by atoms with E-state index in [1.54, 1.807) is 12.1 Å². The van der Waals surface area contributed by atoms with Crippen LogP contribution < -0.4 is 14.2 Å². The van der Waals surface area contributed by atoms with Crippen molar-refractivity contribution in [2.24, 2.45) is 0 Å². The van der Waals surface area contributed by atoms with Gasteiger partial charge in [0.15, 0.2) is 0 Å². The molecule has 10 aromatic rings. The number of carbonyl (C=O) groups is 1. The molecule has 0 unspecified atom stereocenters. The van der Waals surface area contributed by atoms with E-state index in [1.807, 2.05) is 182 Å². The van der Waals surface area contributed by atoms with E-state index in [0.717, 1.165) is 101 Å². The second-order valence-corrected chi connectivity index (χ2v) is 17.2. The molecule has 8 bridgehead atoms. The van der Waals surface area contributed by atoms with Crippen molar-refractivity contribution in [3.63, 3.8) is 0 Å². The summed E-state index contributed by atoms with van der Waals surface area (Å²) in [5, 5.41) is 9.86. The maximum Gasteiger partial charge on any atom is 0.335 e. The van der Waals surface area contributed by atoms with E-state index in [-0.39, 0.29) is 5.56 Å². The molecule has 0 fully saturated rings. The number of hydrogen-bond acceptors (Lipinski definition) is 6. The number of H-pyrrole nitrogens is 2. The molecule has 0 spiro atoms. The van der Waals surface area contributed by atoms with Crippen molar-refractivity contribution in [1.29, 1.82) is 0 Å². The van der Waals surface area contributed by atoms with Crippen molar-refractivity contribution in [3.8, 4) is 79.0 Å². The first kappa shape index (κ1) is 43.3. The fraction of sp³-hybridized carbons (Fsp3) is 0. The van der Waals surface area contributed by atoms with Gasteiger partial charge >= 0.3 is 5.97 Å². The minimum atomic E-state index is -0.999. The van der Waals surface area contributed by atoms with Crippen molar-refractivity contribution < 1.29 is 24.1 Å². The van der Waals surface area contributed by atoms with Crippen LogP contribution in [0.2, 0.25) is 0 Å². The first-order chi connectivity index (χ1) is 35.5. The SMILES string of the molecule is O=C(O)c1ccc(-c2c3nc(c(-c4ccc(Oc5ccccc5)cc4)c4ccc([nH]4)c(-c4ccc(Oc5ccccc5)cc4)c4nc(c(-c5ccc(Oc6ccccc6)cc5)c5ccc2[nH]5)C=C4)C=C3)cc1. The Kier molecular flexibility index (Phi) is 11.3. The molecule has 2 aliphatic rings. The van der Waals surface area contributed by atoms with Gasteiger partial charge in [0.1, 0.15) is 34.5 Å². The Morgan fingerprint density at radius 3 is 0.833 bits per heavy atom. The van der Waals surface area contributed by atoms with Crippen LogP contribution in [-0.2, 0) is 0 Å². The number of hydrogen-bond donors (Lipinski definition) is 3. The first-order valence-electron chi connectivity index (χ1n) is 23.5. The van der Waals surface area contributed by atoms with Crippen LogP contribution in [0.3, 0.4) is 0 Å².